The van der Waals surface area contributed by atoms with E-state index in [0.717, 1.165) is 5.56 Å². The predicted octanol–water partition coefficient (Wildman–Crippen LogP) is 1.83. The highest BCUT2D eigenvalue weighted by Crippen LogP contribution is 2.42. The molecule has 0 amide bonds. The van der Waals surface area contributed by atoms with Gasteiger partial charge in [-0.1, -0.05) is 17.7 Å². The van der Waals surface area contributed by atoms with Gasteiger partial charge in [-0.15, -0.1) is 0 Å². The van der Waals surface area contributed by atoms with E-state index in [1.165, 1.54) is 0 Å². The molecule has 2 rings (SSSR count). The van der Waals surface area contributed by atoms with Crippen LogP contribution in [0.15, 0.2) is 29.7 Å². The first-order valence-electron chi connectivity index (χ1n) is 5.59. The van der Waals surface area contributed by atoms with Gasteiger partial charge in [0.2, 0.25) is 5.88 Å². The molecule has 1 heterocycles. The number of benzene rings is 1. The Kier molecular flexibility index (Phi) is 3.10. The minimum Gasteiger partial charge on any atom is -0.440 e. The molecule has 2 N–H and O–H groups in total. The summed E-state index contributed by atoms with van der Waals surface area (Å²) in [6.07, 6.45) is 0. The van der Waals surface area contributed by atoms with Gasteiger partial charge in [0.15, 0.2) is 0 Å². The van der Waals surface area contributed by atoms with E-state index in [1.54, 1.807) is 6.07 Å². The average molecular weight is 250 g/mol. The van der Waals surface area contributed by atoms with Crippen LogP contribution < -0.4 is 10.5 Å². The van der Waals surface area contributed by atoms with Crippen molar-refractivity contribution >= 4 is 0 Å². The summed E-state index contributed by atoms with van der Waals surface area (Å²) in [5.74, 6) is -1.19. The number of fused-ring (bicyclic) bond motifs is 1. The first-order chi connectivity index (χ1) is 9.12. The van der Waals surface area contributed by atoms with Crippen molar-refractivity contribution in [1.29, 1.82) is 15.8 Å². The zero-order chi connectivity index (χ0) is 14.0. The lowest BCUT2D eigenvalue weighted by Gasteiger charge is -2.26. The van der Waals surface area contributed by atoms with Crippen molar-refractivity contribution in [2.75, 3.05) is 0 Å². The third-order valence-electron chi connectivity index (χ3n) is 3.03. The van der Waals surface area contributed by atoms with E-state index in [2.05, 4.69) is 0 Å². The Morgan fingerprint density at radius 3 is 2.53 bits per heavy atom. The van der Waals surface area contributed by atoms with Crippen LogP contribution in [0.1, 0.15) is 17.0 Å². The normalized spacial score (nSPS) is 16.9. The van der Waals surface area contributed by atoms with E-state index in [1.807, 2.05) is 37.3 Å². The predicted molar refractivity (Wildman–Crippen MR) is 66.1 cm³/mol. The molecule has 1 unspecified atom stereocenters. The Hall–Kier alpha value is -2.97. The number of hydrogen-bond acceptors (Lipinski definition) is 5. The number of ether oxygens (including phenoxy) is 1. The van der Waals surface area contributed by atoms with Crippen molar-refractivity contribution in [3.8, 4) is 24.0 Å². The largest absolute Gasteiger partial charge is 0.440 e. The maximum Gasteiger partial charge on any atom is 0.205 e. The fraction of sp³-hybridized carbons (Fsp3) is 0.214. The summed E-state index contributed by atoms with van der Waals surface area (Å²) < 4.78 is 5.38. The lowest BCUT2D eigenvalue weighted by Crippen LogP contribution is -2.24. The summed E-state index contributed by atoms with van der Waals surface area (Å²) >= 11 is 0. The van der Waals surface area contributed by atoms with E-state index >= 15 is 0 Å². The molecule has 19 heavy (non-hydrogen) atoms. The number of rotatable bonds is 1. The SMILES string of the molecule is Cc1ccc2c(c1)C(C(C#N)C#N)C(C#N)=C(N)O2. The van der Waals surface area contributed by atoms with Gasteiger partial charge in [-0.2, -0.15) is 15.8 Å². The van der Waals surface area contributed by atoms with Gasteiger partial charge >= 0.3 is 0 Å². The summed E-state index contributed by atoms with van der Waals surface area (Å²) in [4.78, 5) is 0. The highest BCUT2D eigenvalue weighted by molar-refractivity contribution is 5.53. The molecule has 1 aliphatic heterocycles. The lowest BCUT2D eigenvalue weighted by atomic mass is 9.80. The van der Waals surface area contributed by atoms with Crippen LogP contribution in [0, 0.1) is 46.8 Å². The molecular weight excluding hydrogens is 240 g/mol. The molecule has 0 bridgehead atoms. The molecule has 0 aromatic heterocycles. The highest BCUT2D eigenvalue weighted by Gasteiger charge is 2.35. The monoisotopic (exact) mass is 250 g/mol. The van der Waals surface area contributed by atoms with E-state index in [9.17, 15) is 5.26 Å². The second-order valence-electron chi connectivity index (χ2n) is 4.25. The molecule has 5 nitrogen and oxygen atoms in total. The van der Waals surface area contributed by atoms with Crippen LogP contribution in [0.3, 0.4) is 0 Å². The van der Waals surface area contributed by atoms with Gasteiger partial charge in [0.05, 0.1) is 23.6 Å². The standard InChI is InChI=1S/C14H10N4O/c1-8-2-3-12-10(4-8)13(9(5-15)6-16)11(7-17)14(18)19-12/h2-4,9,13H,18H2,1H3. The van der Waals surface area contributed by atoms with Crippen LogP contribution >= 0.6 is 0 Å². The number of allylic oxidation sites excluding steroid dienone is 1. The molecule has 1 aromatic rings. The van der Waals surface area contributed by atoms with E-state index < -0.39 is 11.8 Å². The minimum atomic E-state index is -0.974. The van der Waals surface area contributed by atoms with E-state index in [4.69, 9.17) is 21.0 Å². The van der Waals surface area contributed by atoms with Crippen LogP contribution in [0.25, 0.3) is 0 Å². The van der Waals surface area contributed by atoms with Gasteiger partial charge in [0.1, 0.15) is 17.7 Å². The first-order valence-corrected chi connectivity index (χ1v) is 5.59. The van der Waals surface area contributed by atoms with Crippen LogP contribution in [0.5, 0.6) is 5.75 Å². The van der Waals surface area contributed by atoms with E-state index in [0.29, 0.717) is 11.3 Å². The summed E-state index contributed by atoms with van der Waals surface area (Å²) in [7, 11) is 0. The lowest BCUT2D eigenvalue weighted by molar-refractivity contribution is 0.383. The molecule has 0 aliphatic carbocycles. The summed E-state index contributed by atoms with van der Waals surface area (Å²) in [6.45, 7) is 1.89. The van der Waals surface area contributed by atoms with Crippen LogP contribution in [-0.2, 0) is 0 Å². The summed E-state index contributed by atoms with van der Waals surface area (Å²) in [6, 6.07) is 11.1. The topological polar surface area (TPSA) is 107 Å². The maximum absolute atomic E-state index is 9.18. The van der Waals surface area contributed by atoms with Gasteiger partial charge in [-0.3, -0.25) is 0 Å². The Bertz CT molecular complexity index is 671. The molecule has 1 aliphatic rings. The Labute approximate surface area is 110 Å². The van der Waals surface area contributed by atoms with Gasteiger partial charge < -0.3 is 10.5 Å². The minimum absolute atomic E-state index is 0.0423. The van der Waals surface area contributed by atoms with Gasteiger partial charge in [0.25, 0.3) is 0 Å². The zero-order valence-electron chi connectivity index (χ0n) is 10.2. The number of nitrogens with two attached hydrogens (primary N) is 1. The molecule has 92 valence electrons. The molecule has 0 radical (unpaired) electrons. The molecule has 5 heteroatoms. The Balaban J connectivity index is 2.68. The smallest absolute Gasteiger partial charge is 0.205 e. The van der Waals surface area contributed by atoms with Crippen molar-refractivity contribution in [3.05, 3.63) is 40.8 Å². The fourth-order valence-electron chi connectivity index (χ4n) is 2.13. The molecular formula is C14H10N4O. The first kappa shape index (κ1) is 12.5. The van der Waals surface area contributed by atoms with Crippen LogP contribution in [0.4, 0.5) is 0 Å². The third kappa shape index (κ3) is 1.97. The zero-order valence-corrected chi connectivity index (χ0v) is 10.2. The molecule has 0 saturated carbocycles. The summed E-state index contributed by atoms with van der Waals surface area (Å²) in [5.41, 5.74) is 7.44. The maximum atomic E-state index is 9.18. The quantitative estimate of drug-likeness (QED) is 0.818. The van der Waals surface area contributed by atoms with Crippen LogP contribution in [-0.4, -0.2) is 0 Å². The Morgan fingerprint density at radius 2 is 1.95 bits per heavy atom. The van der Waals surface area contributed by atoms with Crippen molar-refractivity contribution < 1.29 is 4.74 Å². The van der Waals surface area contributed by atoms with Crippen molar-refractivity contribution in [3.63, 3.8) is 0 Å². The van der Waals surface area contributed by atoms with Crippen molar-refractivity contribution in [2.24, 2.45) is 11.7 Å². The number of hydrogen-bond donors (Lipinski definition) is 1. The third-order valence-corrected chi connectivity index (χ3v) is 3.03. The molecule has 0 spiro atoms. The molecule has 1 atom stereocenters. The van der Waals surface area contributed by atoms with Gasteiger partial charge in [0, 0.05) is 5.56 Å². The number of aryl methyl sites for hydroxylation is 1. The van der Waals surface area contributed by atoms with E-state index in [-0.39, 0.29) is 11.5 Å². The second kappa shape index (κ2) is 4.72. The van der Waals surface area contributed by atoms with Crippen molar-refractivity contribution in [2.45, 2.75) is 12.8 Å². The average Bonchev–Trinajstić information content (AvgIpc) is 2.40. The number of nitriles is 3. The van der Waals surface area contributed by atoms with Gasteiger partial charge in [-0.05, 0) is 13.0 Å². The summed E-state index contributed by atoms with van der Waals surface area (Å²) in [5, 5.41) is 27.4. The second-order valence-corrected chi connectivity index (χ2v) is 4.25. The highest BCUT2D eigenvalue weighted by atomic mass is 16.5. The van der Waals surface area contributed by atoms with Crippen LogP contribution in [0.2, 0.25) is 0 Å². The number of nitrogens with zero attached hydrogens (tertiary/aromatic N) is 3. The fourth-order valence-corrected chi connectivity index (χ4v) is 2.13. The Morgan fingerprint density at radius 1 is 1.26 bits per heavy atom. The molecule has 1 aromatic carbocycles. The van der Waals surface area contributed by atoms with Crippen molar-refractivity contribution in [1.82, 2.24) is 0 Å². The van der Waals surface area contributed by atoms with Gasteiger partial charge in [-0.25, -0.2) is 0 Å². The molecule has 0 saturated heterocycles. The molecule has 0 fully saturated rings.